The number of carbonyl (C=O) groups excluding carboxylic acids is 1. The molecule has 0 saturated carbocycles. The van der Waals surface area contributed by atoms with Crippen molar-refractivity contribution in [3.63, 3.8) is 0 Å². The number of nitrogen functional groups attached to an aromatic ring is 1. The molecular weight excluding hydrogens is 300 g/mol. The molecule has 9 heteroatoms. The first-order valence-corrected chi connectivity index (χ1v) is 6.50. The van der Waals surface area contributed by atoms with Crippen LogP contribution in [0.4, 0.5) is 19.3 Å². The van der Waals surface area contributed by atoms with E-state index in [0.717, 1.165) is 6.07 Å². The normalized spacial score (nSPS) is 15.0. The highest BCUT2D eigenvalue weighted by Gasteiger charge is 2.25. The number of anilines is 1. The van der Waals surface area contributed by atoms with Crippen molar-refractivity contribution < 1.29 is 28.2 Å². The number of carbonyl (C=O) groups is 2. The minimum atomic E-state index is -3.04. The average molecular weight is 315 g/mol. The van der Waals surface area contributed by atoms with Crippen LogP contribution >= 0.6 is 0 Å². The van der Waals surface area contributed by atoms with Gasteiger partial charge in [-0.3, -0.25) is 4.79 Å². The molecule has 2 rings (SSSR count). The van der Waals surface area contributed by atoms with E-state index in [2.05, 4.69) is 4.74 Å². The Bertz CT molecular complexity index is 574. The predicted octanol–water partition coefficient (Wildman–Crippen LogP) is 1.31. The fourth-order valence-electron chi connectivity index (χ4n) is 2.15. The molecule has 120 valence electrons. The van der Waals surface area contributed by atoms with E-state index in [1.54, 1.807) is 0 Å². The Morgan fingerprint density at radius 3 is 2.32 bits per heavy atom. The Balaban J connectivity index is 2.08. The number of amides is 2. The predicted molar refractivity (Wildman–Crippen MR) is 73.0 cm³/mol. The van der Waals surface area contributed by atoms with E-state index >= 15 is 0 Å². The van der Waals surface area contributed by atoms with Crippen LogP contribution in [-0.4, -0.2) is 59.7 Å². The summed E-state index contributed by atoms with van der Waals surface area (Å²) in [5, 5.41) is 8.85. The molecular formula is C13H15F2N3O4. The Morgan fingerprint density at radius 2 is 1.77 bits per heavy atom. The van der Waals surface area contributed by atoms with Gasteiger partial charge in [0.05, 0.1) is 5.69 Å². The van der Waals surface area contributed by atoms with Crippen LogP contribution in [0.3, 0.4) is 0 Å². The largest absolute Gasteiger partial charge is 0.465 e. The van der Waals surface area contributed by atoms with Crippen LogP contribution in [0.2, 0.25) is 0 Å². The summed E-state index contributed by atoms with van der Waals surface area (Å²) in [5.74, 6) is -0.644. The lowest BCUT2D eigenvalue weighted by Crippen LogP contribution is -2.50. The van der Waals surface area contributed by atoms with Crippen molar-refractivity contribution in [2.45, 2.75) is 6.61 Å². The number of carboxylic acid groups (broad SMARTS) is 1. The van der Waals surface area contributed by atoms with Crippen molar-refractivity contribution in [2.24, 2.45) is 0 Å². The maximum absolute atomic E-state index is 12.3. The molecule has 1 aromatic rings. The van der Waals surface area contributed by atoms with Crippen LogP contribution in [0.5, 0.6) is 5.75 Å². The summed E-state index contributed by atoms with van der Waals surface area (Å²) in [6.45, 7) is -2.15. The zero-order chi connectivity index (χ0) is 16.3. The van der Waals surface area contributed by atoms with Crippen LogP contribution < -0.4 is 10.5 Å². The lowest BCUT2D eigenvalue weighted by Gasteiger charge is -2.33. The first-order valence-electron chi connectivity index (χ1n) is 6.50. The summed E-state index contributed by atoms with van der Waals surface area (Å²) in [6.07, 6.45) is -1.03. The van der Waals surface area contributed by atoms with E-state index in [4.69, 9.17) is 10.8 Å². The monoisotopic (exact) mass is 315 g/mol. The van der Waals surface area contributed by atoms with Gasteiger partial charge >= 0.3 is 12.7 Å². The van der Waals surface area contributed by atoms with E-state index in [1.165, 1.54) is 21.9 Å². The van der Waals surface area contributed by atoms with Crippen molar-refractivity contribution in [3.05, 3.63) is 23.8 Å². The molecule has 1 aliphatic rings. The van der Waals surface area contributed by atoms with Gasteiger partial charge in [0.25, 0.3) is 5.91 Å². The molecule has 3 N–H and O–H groups in total. The van der Waals surface area contributed by atoms with E-state index in [9.17, 15) is 18.4 Å². The van der Waals surface area contributed by atoms with Crippen LogP contribution in [0.15, 0.2) is 18.2 Å². The maximum atomic E-state index is 12.3. The van der Waals surface area contributed by atoms with Gasteiger partial charge in [0.2, 0.25) is 0 Å². The van der Waals surface area contributed by atoms with Gasteiger partial charge in [-0.1, -0.05) is 0 Å². The second-order valence-corrected chi connectivity index (χ2v) is 4.69. The molecule has 22 heavy (non-hydrogen) atoms. The fourth-order valence-corrected chi connectivity index (χ4v) is 2.15. The third kappa shape index (κ3) is 3.54. The van der Waals surface area contributed by atoms with Crippen LogP contribution in [0.25, 0.3) is 0 Å². The molecule has 2 amide bonds. The molecule has 0 radical (unpaired) electrons. The third-order valence-electron chi connectivity index (χ3n) is 3.31. The maximum Gasteiger partial charge on any atom is 0.407 e. The SMILES string of the molecule is Nc1ccc(C(=O)N2CCN(C(=O)O)CC2)cc1OC(F)F. The first-order chi connectivity index (χ1) is 10.4. The minimum Gasteiger partial charge on any atom is -0.465 e. The second kappa shape index (κ2) is 6.46. The van der Waals surface area contributed by atoms with Crippen LogP contribution in [-0.2, 0) is 0 Å². The molecule has 1 aromatic carbocycles. The van der Waals surface area contributed by atoms with Gasteiger partial charge in [-0.15, -0.1) is 0 Å². The number of halogens is 2. The van der Waals surface area contributed by atoms with Gasteiger partial charge in [-0.2, -0.15) is 8.78 Å². The van der Waals surface area contributed by atoms with Gasteiger partial charge in [0, 0.05) is 31.7 Å². The fraction of sp³-hybridized carbons (Fsp3) is 0.385. The number of nitrogens with two attached hydrogens (primary N) is 1. The lowest BCUT2D eigenvalue weighted by atomic mass is 10.1. The number of piperazine rings is 1. The van der Waals surface area contributed by atoms with Crippen LogP contribution in [0.1, 0.15) is 10.4 Å². The molecule has 1 aliphatic heterocycles. The molecule has 1 heterocycles. The number of rotatable bonds is 3. The summed E-state index contributed by atoms with van der Waals surface area (Å²) in [7, 11) is 0. The summed E-state index contributed by atoms with van der Waals surface area (Å²) >= 11 is 0. The Labute approximate surface area is 124 Å². The molecule has 0 aromatic heterocycles. The van der Waals surface area contributed by atoms with Crippen molar-refractivity contribution >= 4 is 17.7 Å². The average Bonchev–Trinajstić information content (AvgIpc) is 2.48. The Kier molecular flexibility index (Phi) is 4.64. The number of benzene rings is 1. The topological polar surface area (TPSA) is 96.1 Å². The standard InChI is InChI=1S/C13H15F2N3O4/c14-12(15)22-10-7-8(1-2-9(10)16)11(19)17-3-5-18(6-4-17)13(20)21/h1-2,7,12H,3-6,16H2,(H,20,21). The van der Waals surface area contributed by atoms with Crippen molar-refractivity contribution in [1.29, 1.82) is 0 Å². The van der Waals surface area contributed by atoms with Crippen molar-refractivity contribution in [2.75, 3.05) is 31.9 Å². The lowest BCUT2D eigenvalue weighted by molar-refractivity contribution is -0.0493. The quantitative estimate of drug-likeness (QED) is 0.820. The van der Waals surface area contributed by atoms with E-state index < -0.39 is 12.7 Å². The highest BCUT2D eigenvalue weighted by atomic mass is 19.3. The number of hydrogen-bond acceptors (Lipinski definition) is 4. The van der Waals surface area contributed by atoms with E-state index in [-0.39, 0.29) is 49.1 Å². The molecule has 0 aliphatic carbocycles. The number of hydrogen-bond donors (Lipinski definition) is 2. The summed E-state index contributed by atoms with van der Waals surface area (Å²) in [4.78, 5) is 25.8. The van der Waals surface area contributed by atoms with Gasteiger partial charge in [0.1, 0.15) is 5.75 Å². The molecule has 0 atom stereocenters. The first kappa shape index (κ1) is 15.8. The number of alkyl halides is 2. The number of ether oxygens (including phenoxy) is 1. The van der Waals surface area contributed by atoms with Gasteiger partial charge in [-0.25, -0.2) is 4.79 Å². The molecule has 7 nitrogen and oxygen atoms in total. The summed E-state index contributed by atoms with van der Waals surface area (Å²) in [6, 6.07) is 3.89. The molecule has 0 unspecified atom stereocenters. The Hall–Kier alpha value is -2.58. The highest BCUT2D eigenvalue weighted by molar-refractivity contribution is 5.95. The zero-order valence-corrected chi connectivity index (χ0v) is 11.5. The molecule has 1 saturated heterocycles. The minimum absolute atomic E-state index is 0.00699. The highest BCUT2D eigenvalue weighted by Crippen LogP contribution is 2.25. The third-order valence-corrected chi connectivity index (χ3v) is 3.31. The zero-order valence-electron chi connectivity index (χ0n) is 11.5. The van der Waals surface area contributed by atoms with Gasteiger partial charge in [-0.05, 0) is 18.2 Å². The molecule has 0 bridgehead atoms. The van der Waals surface area contributed by atoms with E-state index in [1.807, 2.05) is 0 Å². The van der Waals surface area contributed by atoms with Crippen molar-refractivity contribution in [1.82, 2.24) is 9.80 Å². The molecule has 1 fully saturated rings. The number of nitrogens with zero attached hydrogens (tertiary/aromatic N) is 2. The smallest absolute Gasteiger partial charge is 0.407 e. The van der Waals surface area contributed by atoms with E-state index in [0.29, 0.717) is 0 Å². The summed E-state index contributed by atoms with van der Waals surface area (Å²) < 4.78 is 28.8. The van der Waals surface area contributed by atoms with Crippen LogP contribution in [0, 0.1) is 0 Å². The Morgan fingerprint density at radius 1 is 1.18 bits per heavy atom. The van der Waals surface area contributed by atoms with Gasteiger partial charge < -0.3 is 25.4 Å². The van der Waals surface area contributed by atoms with Gasteiger partial charge in [0.15, 0.2) is 0 Å². The second-order valence-electron chi connectivity index (χ2n) is 4.69. The summed E-state index contributed by atoms with van der Waals surface area (Å²) in [5.41, 5.74) is 5.68. The molecule has 0 spiro atoms. The van der Waals surface area contributed by atoms with Crippen molar-refractivity contribution in [3.8, 4) is 5.75 Å².